The molecule has 0 N–H and O–H groups in total. The summed E-state index contributed by atoms with van der Waals surface area (Å²) in [7, 11) is 5.38. The summed E-state index contributed by atoms with van der Waals surface area (Å²) in [4.78, 5) is 34.0. The topological polar surface area (TPSA) is 56.8 Å². The van der Waals surface area contributed by atoms with Crippen molar-refractivity contribution in [2.24, 2.45) is 0 Å². The van der Waals surface area contributed by atoms with Crippen LogP contribution in [0.1, 0.15) is 10.4 Å². The summed E-state index contributed by atoms with van der Waals surface area (Å²) >= 11 is 0. The van der Waals surface area contributed by atoms with E-state index in [9.17, 15) is 9.59 Å². The van der Waals surface area contributed by atoms with Crippen molar-refractivity contribution in [1.82, 2.24) is 19.7 Å². The second-order valence-electron chi connectivity index (χ2n) is 5.25. The Morgan fingerprint density at radius 3 is 2.70 bits per heavy atom. The van der Waals surface area contributed by atoms with Crippen LogP contribution in [-0.2, 0) is 4.79 Å². The van der Waals surface area contributed by atoms with E-state index in [1.54, 1.807) is 37.3 Å². The van der Waals surface area contributed by atoms with Gasteiger partial charge in [0.25, 0.3) is 5.91 Å². The highest BCUT2D eigenvalue weighted by Crippen LogP contribution is 2.14. The Morgan fingerprint density at radius 2 is 2.10 bits per heavy atom. The minimum atomic E-state index is -0.434. The zero-order valence-electron chi connectivity index (χ0n) is 12.1. The average molecular weight is 276 g/mol. The van der Waals surface area contributed by atoms with Crippen LogP contribution in [0.5, 0.6) is 0 Å². The molecule has 1 saturated heterocycles. The molecular formula is C14H20N4O2. The van der Waals surface area contributed by atoms with E-state index in [1.807, 2.05) is 7.05 Å². The molecule has 1 aromatic rings. The minimum absolute atomic E-state index is 0.0474. The molecule has 2 rings (SSSR count). The fourth-order valence-electron chi connectivity index (χ4n) is 2.33. The smallest absolute Gasteiger partial charge is 0.256 e. The standard InChI is InChI=1S/C14H20N4O2/c1-16(2)14(20)12-10-17(3)7-8-18(12)13(19)11-5-4-6-15-9-11/h4-6,9,12H,7-8,10H2,1-3H3/t12-/m1/s1. The van der Waals surface area contributed by atoms with Crippen molar-refractivity contribution in [3.05, 3.63) is 30.1 Å². The molecule has 0 aromatic carbocycles. The number of pyridine rings is 1. The molecule has 108 valence electrons. The molecule has 6 heteroatoms. The monoisotopic (exact) mass is 276 g/mol. The fourth-order valence-corrected chi connectivity index (χ4v) is 2.33. The van der Waals surface area contributed by atoms with Crippen molar-refractivity contribution in [2.45, 2.75) is 6.04 Å². The fraction of sp³-hybridized carbons (Fsp3) is 0.500. The Bertz CT molecular complexity index is 489. The maximum Gasteiger partial charge on any atom is 0.256 e. The van der Waals surface area contributed by atoms with E-state index in [1.165, 1.54) is 11.1 Å². The summed E-state index contributed by atoms with van der Waals surface area (Å²) in [6.45, 7) is 1.88. The van der Waals surface area contributed by atoms with Crippen LogP contribution in [0.4, 0.5) is 0 Å². The molecule has 0 saturated carbocycles. The third kappa shape index (κ3) is 2.96. The second-order valence-corrected chi connectivity index (χ2v) is 5.25. The molecule has 2 heterocycles. The third-order valence-corrected chi connectivity index (χ3v) is 3.48. The van der Waals surface area contributed by atoms with Crippen LogP contribution in [0.3, 0.4) is 0 Å². The van der Waals surface area contributed by atoms with Crippen molar-refractivity contribution < 1.29 is 9.59 Å². The highest BCUT2D eigenvalue weighted by molar-refractivity contribution is 5.97. The number of carbonyl (C=O) groups excluding carboxylic acids is 2. The lowest BCUT2D eigenvalue weighted by atomic mass is 10.1. The first-order valence-corrected chi connectivity index (χ1v) is 6.61. The number of carbonyl (C=O) groups is 2. The Kier molecular flexibility index (Phi) is 4.34. The second kappa shape index (κ2) is 6.00. The first-order chi connectivity index (χ1) is 9.50. The van der Waals surface area contributed by atoms with E-state index in [2.05, 4.69) is 9.88 Å². The molecule has 0 aliphatic carbocycles. The summed E-state index contributed by atoms with van der Waals surface area (Å²) < 4.78 is 0. The molecule has 0 spiro atoms. The van der Waals surface area contributed by atoms with Crippen LogP contribution >= 0.6 is 0 Å². The number of amides is 2. The quantitative estimate of drug-likeness (QED) is 0.758. The predicted molar refractivity (Wildman–Crippen MR) is 75.3 cm³/mol. The van der Waals surface area contributed by atoms with Gasteiger partial charge in [-0.15, -0.1) is 0 Å². The van der Waals surface area contributed by atoms with Gasteiger partial charge < -0.3 is 14.7 Å². The van der Waals surface area contributed by atoms with Gasteiger partial charge in [-0.25, -0.2) is 0 Å². The van der Waals surface area contributed by atoms with Gasteiger partial charge in [0.1, 0.15) is 6.04 Å². The van der Waals surface area contributed by atoms with Crippen molar-refractivity contribution in [2.75, 3.05) is 40.8 Å². The number of piperazine rings is 1. The van der Waals surface area contributed by atoms with Crippen LogP contribution in [0.2, 0.25) is 0 Å². The van der Waals surface area contributed by atoms with Gasteiger partial charge in [0.15, 0.2) is 0 Å². The molecule has 1 aromatic heterocycles. The lowest BCUT2D eigenvalue weighted by Crippen LogP contribution is -2.59. The Balaban J connectivity index is 2.23. The average Bonchev–Trinajstić information content (AvgIpc) is 2.46. The summed E-state index contributed by atoms with van der Waals surface area (Å²) in [6, 6.07) is 3.02. The molecule has 1 fully saturated rings. The van der Waals surface area contributed by atoms with Gasteiger partial charge in [-0.3, -0.25) is 14.6 Å². The minimum Gasteiger partial charge on any atom is -0.347 e. The molecule has 1 atom stereocenters. The molecule has 0 bridgehead atoms. The van der Waals surface area contributed by atoms with Crippen LogP contribution in [0.25, 0.3) is 0 Å². The SMILES string of the molecule is CN1CCN(C(=O)c2cccnc2)[C@@H](C(=O)N(C)C)C1. The third-order valence-electron chi connectivity index (χ3n) is 3.48. The molecule has 0 unspecified atom stereocenters. The lowest BCUT2D eigenvalue weighted by Gasteiger charge is -2.40. The maximum absolute atomic E-state index is 12.5. The van der Waals surface area contributed by atoms with Gasteiger partial charge in [-0.1, -0.05) is 0 Å². The highest BCUT2D eigenvalue weighted by Gasteiger charge is 2.35. The summed E-state index contributed by atoms with van der Waals surface area (Å²) in [5.41, 5.74) is 0.522. The van der Waals surface area contributed by atoms with E-state index in [4.69, 9.17) is 0 Å². The normalized spacial score (nSPS) is 19.8. The van der Waals surface area contributed by atoms with Crippen molar-refractivity contribution in [3.63, 3.8) is 0 Å². The largest absolute Gasteiger partial charge is 0.347 e. The van der Waals surface area contributed by atoms with Crippen molar-refractivity contribution >= 4 is 11.8 Å². The van der Waals surface area contributed by atoms with E-state index >= 15 is 0 Å². The number of hydrogen-bond donors (Lipinski definition) is 0. The van der Waals surface area contributed by atoms with E-state index in [0.717, 1.165) is 6.54 Å². The van der Waals surface area contributed by atoms with Crippen LogP contribution in [-0.4, -0.2) is 78.3 Å². The zero-order chi connectivity index (χ0) is 14.7. The Morgan fingerprint density at radius 1 is 1.35 bits per heavy atom. The molecular weight excluding hydrogens is 256 g/mol. The zero-order valence-corrected chi connectivity index (χ0v) is 12.1. The van der Waals surface area contributed by atoms with Gasteiger partial charge in [0.2, 0.25) is 5.91 Å². The number of rotatable bonds is 2. The highest BCUT2D eigenvalue weighted by atomic mass is 16.2. The first-order valence-electron chi connectivity index (χ1n) is 6.61. The van der Waals surface area contributed by atoms with Gasteiger partial charge in [0.05, 0.1) is 5.56 Å². The lowest BCUT2D eigenvalue weighted by molar-refractivity contribution is -0.135. The number of likely N-dealkylation sites (N-methyl/N-ethyl adjacent to an activating group) is 2. The van der Waals surface area contributed by atoms with E-state index < -0.39 is 6.04 Å². The number of nitrogens with zero attached hydrogens (tertiary/aromatic N) is 4. The van der Waals surface area contributed by atoms with Crippen LogP contribution < -0.4 is 0 Å². The number of aromatic nitrogens is 1. The van der Waals surface area contributed by atoms with Crippen molar-refractivity contribution in [1.29, 1.82) is 0 Å². The summed E-state index contributed by atoms with van der Waals surface area (Å²) in [5.74, 6) is -0.180. The van der Waals surface area contributed by atoms with Crippen LogP contribution in [0, 0.1) is 0 Å². The first kappa shape index (κ1) is 14.5. The van der Waals surface area contributed by atoms with E-state index in [0.29, 0.717) is 18.7 Å². The maximum atomic E-state index is 12.5. The van der Waals surface area contributed by atoms with Gasteiger partial charge in [-0.05, 0) is 19.2 Å². The Labute approximate surface area is 119 Å². The predicted octanol–water partition coefficient (Wildman–Crippen LogP) is -0.0740. The summed E-state index contributed by atoms with van der Waals surface area (Å²) in [5, 5.41) is 0. The molecule has 0 radical (unpaired) electrons. The van der Waals surface area contributed by atoms with Crippen molar-refractivity contribution in [3.8, 4) is 0 Å². The van der Waals surface area contributed by atoms with Crippen LogP contribution in [0.15, 0.2) is 24.5 Å². The number of hydrogen-bond acceptors (Lipinski definition) is 4. The summed E-state index contributed by atoms with van der Waals surface area (Å²) in [6.07, 6.45) is 3.17. The molecule has 1 aliphatic heterocycles. The molecule has 1 aliphatic rings. The van der Waals surface area contributed by atoms with Gasteiger partial charge >= 0.3 is 0 Å². The molecule has 20 heavy (non-hydrogen) atoms. The Hall–Kier alpha value is -1.95. The molecule has 2 amide bonds. The van der Waals surface area contributed by atoms with Gasteiger partial charge in [0, 0.05) is 46.1 Å². The van der Waals surface area contributed by atoms with E-state index in [-0.39, 0.29) is 11.8 Å². The molecule has 6 nitrogen and oxygen atoms in total. The van der Waals surface area contributed by atoms with Gasteiger partial charge in [-0.2, -0.15) is 0 Å².